The SMILES string of the molecule is CCCC(CCO)CNCC(=O)Nc1ccccc1C. The van der Waals surface area contributed by atoms with Crippen molar-refractivity contribution in [1.82, 2.24) is 5.32 Å². The van der Waals surface area contributed by atoms with Gasteiger partial charge in [-0.1, -0.05) is 31.5 Å². The molecule has 112 valence electrons. The van der Waals surface area contributed by atoms with E-state index in [-0.39, 0.29) is 12.5 Å². The fraction of sp³-hybridized carbons (Fsp3) is 0.562. The predicted octanol–water partition coefficient (Wildman–Crippen LogP) is 2.32. The first-order chi connectivity index (χ1) is 9.67. The summed E-state index contributed by atoms with van der Waals surface area (Å²) in [5.41, 5.74) is 1.92. The summed E-state index contributed by atoms with van der Waals surface area (Å²) in [6, 6.07) is 7.74. The van der Waals surface area contributed by atoms with Crippen molar-refractivity contribution in [3.8, 4) is 0 Å². The summed E-state index contributed by atoms with van der Waals surface area (Å²) >= 11 is 0. The fourth-order valence-corrected chi connectivity index (χ4v) is 2.24. The van der Waals surface area contributed by atoms with Crippen molar-refractivity contribution < 1.29 is 9.90 Å². The molecule has 1 atom stereocenters. The van der Waals surface area contributed by atoms with E-state index in [0.717, 1.165) is 37.1 Å². The monoisotopic (exact) mass is 278 g/mol. The Morgan fingerprint density at radius 1 is 1.30 bits per heavy atom. The Morgan fingerprint density at radius 2 is 2.05 bits per heavy atom. The Kier molecular flexibility index (Phi) is 7.92. The van der Waals surface area contributed by atoms with E-state index >= 15 is 0 Å². The Labute approximate surface area is 121 Å². The number of benzene rings is 1. The molecule has 0 aliphatic heterocycles. The maximum absolute atomic E-state index is 11.8. The molecular weight excluding hydrogens is 252 g/mol. The average Bonchev–Trinajstić information content (AvgIpc) is 2.42. The first-order valence-electron chi connectivity index (χ1n) is 7.34. The van der Waals surface area contributed by atoms with E-state index in [9.17, 15) is 4.79 Å². The Bertz CT molecular complexity index is 401. The molecule has 20 heavy (non-hydrogen) atoms. The number of aryl methyl sites for hydroxylation is 1. The van der Waals surface area contributed by atoms with Crippen LogP contribution >= 0.6 is 0 Å². The molecule has 3 N–H and O–H groups in total. The number of rotatable bonds is 9. The molecule has 4 nitrogen and oxygen atoms in total. The lowest BCUT2D eigenvalue weighted by Crippen LogP contribution is -2.32. The normalized spacial score (nSPS) is 12.2. The molecule has 0 aromatic heterocycles. The second-order valence-corrected chi connectivity index (χ2v) is 5.16. The largest absolute Gasteiger partial charge is 0.396 e. The molecule has 0 saturated carbocycles. The van der Waals surface area contributed by atoms with Crippen molar-refractivity contribution >= 4 is 11.6 Å². The molecular formula is C16H26N2O2. The van der Waals surface area contributed by atoms with Crippen LogP contribution in [0.2, 0.25) is 0 Å². The lowest BCUT2D eigenvalue weighted by Gasteiger charge is -2.15. The van der Waals surface area contributed by atoms with Crippen molar-refractivity contribution in [2.75, 3.05) is 25.0 Å². The maximum atomic E-state index is 11.8. The first-order valence-corrected chi connectivity index (χ1v) is 7.34. The number of nitrogens with one attached hydrogen (secondary N) is 2. The molecule has 0 aliphatic carbocycles. The topological polar surface area (TPSA) is 61.4 Å². The highest BCUT2D eigenvalue weighted by atomic mass is 16.3. The van der Waals surface area contributed by atoms with Crippen LogP contribution < -0.4 is 10.6 Å². The molecule has 0 fully saturated rings. The van der Waals surface area contributed by atoms with Crippen LogP contribution in [0.5, 0.6) is 0 Å². The fourth-order valence-electron chi connectivity index (χ4n) is 2.24. The number of aliphatic hydroxyl groups is 1. The van der Waals surface area contributed by atoms with E-state index in [1.807, 2.05) is 31.2 Å². The minimum absolute atomic E-state index is 0.0291. The van der Waals surface area contributed by atoms with Gasteiger partial charge in [-0.3, -0.25) is 4.79 Å². The van der Waals surface area contributed by atoms with E-state index in [1.165, 1.54) is 0 Å². The zero-order chi connectivity index (χ0) is 14.8. The average molecular weight is 278 g/mol. The summed E-state index contributed by atoms with van der Waals surface area (Å²) in [5.74, 6) is 0.412. The summed E-state index contributed by atoms with van der Waals surface area (Å²) < 4.78 is 0. The first kappa shape index (κ1) is 16.7. The maximum Gasteiger partial charge on any atom is 0.238 e. The lowest BCUT2D eigenvalue weighted by atomic mass is 10.0. The Hall–Kier alpha value is -1.39. The number of hydrogen-bond donors (Lipinski definition) is 3. The highest BCUT2D eigenvalue weighted by Crippen LogP contribution is 2.12. The molecule has 0 aliphatic rings. The number of amides is 1. The van der Waals surface area contributed by atoms with Crippen molar-refractivity contribution in [2.45, 2.75) is 33.1 Å². The van der Waals surface area contributed by atoms with Gasteiger partial charge in [0.25, 0.3) is 0 Å². The third-order valence-electron chi connectivity index (χ3n) is 3.37. The van der Waals surface area contributed by atoms with Crippen molar-refractivity contribution in [2.24, 2.45) is 5.92 Å². The van der Waals surface area contributed by atoms with Crippen LogP contribution in [0.15, 0.2) is 24.3 Å². The van der Waals surface area contributed by atoms with E-state index in [4.69, 9.17) is 5.11 Å². The summed E-state index contributed by atoms with van der Waals surface area (Å²) in [4.78, 5) is 11.8. The molecule has 1 aromatic carbocycles. The lowest BCUT2D eigenvalue weighted by molar-refractivity contribution is -0.115. The molecule has 0 radical (unpaired) electrons. The van der Waals surface area contributed by atoms with Gasteiger partial charge < -0.3 is 15.7 Å². The van der Waals surface area contributed by atoms with E-state index in [1.54, 1.807) is 0 Å². The van der Waals surface area contributed by atoms with Crippen LogP contribution in [0.25, 0.3) is 0 Å². The summed E-state index contributed by atoms with van der Waals surface area (Å²) in [6.45, 7) is 5.40. The number of para-hydroxylation sites is 1. The second-order valence-electron chi connectivity index (χ2n) is 5.16. The van der Waals surface area contributed by atoms with Gasteiger partial charge in [0.05, 0.1) is 6.54 Å². The molecule has 0 bridgehead atoms. The zero-order valence-corrected chi connectivity index (χ0v) is 12.5. The van der Waals surface area contributed by atoms with E-state index in [0.29, 0.717) is 12.5 Å². The van der Waals surface area contributed by atoms with Gasteiger partial charge in [0.15, 0.2) is 0 Å². The van der Waals surface area contributed by atoms with Crippen LogP contribution in [0.4, 0.5) is 5.69 Å². The minimum atomic E-state index is -0.0291. The van der Waals surface area contributed by atoms with E-state index in [2.05, 4.69) is 17.6 Å². The van der Waals surface area contributed by atoms with Crippen LogP contribution in [-0.2, 0) is 4.79 Å². The standard InChI is InChI=1S/C16H26N2O2/c1-3-6-14(9-10-19)11-17-12-16(20)18-15-8-5-4-7-13(15)2/h4-5,7-8,14,17,19H,3,6,9-12H2,1-2H3,(H,18,20). The zero-order valence-electron chi connectivity index (χ0n) is 12.5. The Morgan fingerprint density at radius 3 is 2.70 bits per heavy atom. The van der Waals surface area contributed by atoms with Gasteiger partial charge in [-0.2, -0.15) is 0 Å². The van der Waals surface area contributed by atoms with Gasteiger partial charge >= 0.3 is 0 Å². The number of carbonyl (C=O) groups excluding carboxylic acids is 1. The summed E-state index contributed by atoms with van der Waals surface area (Å²) in [5, 5.41) is 15.1. The third kappa shape index (κ3) is 6.17. The molecule has 1 unspecified atom stereocenters. The second kappa shape index (κ2) is 9.50. The van der Waals surface area contributed by atoms with Crippen LogP contribution in [0.1, 0.15) is 31.7 Å². The molecule has 1 amide bonds. The van der Waals surface area contributed by atoms with Crippen LogP contribution in [0, 0.1) is 12.8 Å². The van der Waals surface area contributed by atoms with Gasteiger partial charge in [0.1, 0.15) is 0 Å². The third-order valence-corrected chi connectivity index (χ3v) is 3.37. The molecule has 1 rings (SSSR count). The van der Waals surface area contributed by atoms with Gasteiger partial charge in [-0.15, -0.1) is 0 Å². The van der Waals surface area contributed by atoms with Crippen LogP contribution in [0.3, 0.4) is 0 Å². The highest BCUT2D eigenvalue weighted by molar-refractivity contribution is 5.92. The number of carbonyl (C=O) groups is 1. The van der Waals surface area contributed by atoms with Crippen molar-refractivity contribution in [3.05, 3.63) is 29.8 Å². The van der Waals surface area contributed by atoms with Gasteiger partial charge in [0, 0.05) is 12.3 Å². The quantitative estimate of drug-likeness (QED) is 0.649. The van der Waals surface area contributed by atoms with Gasteiger partial charge in [-0.25, -0.2) is 0 Å². The van der Waals surface area contributed by atoms with Gasteiger partial charge in [-0.05, 0) is 43.9 Å². The molecule has 0 saturated heterocycles. The molecule has 4 heteroatoms. The summed E-state index contributed by atoms with van der Waals surface area (Å²) in [6.07, 6.45) is 2.97. The smallest absolute Gasteiger partial charge is 0.238 e. The summed E-state index contributed by atoms with van der Waals surface area (Å²) in [7, 11) is 0. The van der Waals surface area contributed by atoms with Crippen molar-refractivity contribution in [3.63, 3.8) is 0 Å². The van der Waals surface area contributed by atoms with Crippen LogP contribution in [-0.4, -0.2) is 30.7 Å². The number of anilines is 1. The number of hydrogen-bond acceptors (Lipinski definition) is 3. The van der Waals surface area contributed by atoms with Crippen molar-refractivity contribution in [1.29, 1.82) is 0 Å². The highest BCUT2D eigenvalue weighted by Gasteiger charge is 2.08. The molecule has 1 aromatic rings. The van der Waals surface area contributed by atoms with E-state index < -0.39 is 0 Å². The molecule has 0 heterocycles. The number of aliphatic hydroxyl groups excluding tert-OH is 1. The Balaban J connectivity index is 2.31. The molecule has 0 spiro atoms. The van der Waals surface area contributed by atoms with Gasteiger partial charge in [0.2, 0.25) is 5.91 Å². The minimum Gasteiger partial charge on any atom is -0.396 e. The predicted molar refractivity (Wildman–Crippen MR) is 82.8 cm³/mol.